The number of nitro benzene ring substituents is 1. The third-order valence-electron chi connectivity index (χ3n) is 4.39. The van der Waals surface area contributed by atoms with E-state index in [2.05, 4.69) is 19.2 Å². The van der Waals surface area contributed by atoms with E-state index in [0.717, 1.165) is 18.1 Å². The number of carbonyl (C=O) groups excluding carboxylic acids is 2. The molecular weight excluding hydrogens is 384 g/mol. The van der Waals surface area contributed by atoms with E-state index in [-0.39, 0.29) is 16.5 Å². The summed E-state index contributed by atoms with van der Waals surface area (Å²) >= 11 is 5.74. The molecule has 7 nitrogen and oxygen atoms in total. The van der Waals surface area contributed by atoms with Crippen molar-refractivity contribution in [2.24, 2.45) is 0 Å². The van der Waals surface area contributed by atoms with Crippen molar-refractivity contribution in [3.8, 4) is 0 Å². The third-order valence-corrected chi connectivity index (χ3v) is 4.71. The van der Waals surface area contributed by atoms with Crippen LogP contribution in [0.15, 0.2) is 42.5 Å². The zero-order valence-corrected chi connectivity index (χ0v) is 16.5. The van der Waals surface area contributed by atoms with Crippen LogP contribution in [0, 0.1) is 10.1 Å². The molecule has 0 aromatic heterocycles. The third kappa shape index (κ3) is 5.07. The van der Waals surface area contributed by atoms with Crippen LogP contribution in [0.4, 0.5) is 11.4 Å². The normalized spacial score (nSPS) is 12.7. The van der Waals surface area contributed by atoms with Crippen LogP contribution >= 0.6 is 11.6 Å². The Labute approximate surface area is 167 Å². The molecule has 2 aromatic rings. The first-order chi connectivity index (χ1) is 13.2. The second-order valence-electron chi connectivity index (χ2n) is 6.36. The lowest BCUT2D eigenvalue weighted by molar-refractivity contribution is -0.384. The number of esters is 1. The highest BCUT2D eigenvalue weighted by atomic mass is 35.5. The zero-order chi connectivity index (χ0) is 20.8. The fraction of sp³-hybridized carbons (Fsp3) is 0.300. The fourth-order valence-corrected chi connectivity index (χ4v) is 2.74. The molecule has 0 radical (unpaired) electrons. The molecule has 0 aliphatic rings. The van der Waals surface area contributed by atoms with Crippen LogP contribution in [0.25, 0.3) is 0 Å². The van der Waals surface area contributed by atoms with E-state index in [1.165, 1.54) is 19.1 Å². The van der Waals surface area contributed by atoms with Gasteiger partial charge in [0.2, 0.25) is 0 Å². The van der Waals surface area contributed by atoms with Crippen LogP contribution in [0.2, 0.25) is 5.02 Å². The molecule has 1 N–H and O–H groups in total. The Morgan fingerprint density at radius 3 is 2.54 bits per heavy atom. The summed E-state index contributed by atoms with van der Waals surface area (Å²) in [5, 5.41) is 13.6. The van der Waals surface area contributed by atoms with Gasteiger partial charge in [-0.25, -0.2) is 4.79 Å². The number of nitrogens with zero attached hydrogens (tertiary/aromatic N) is 1. The van der Waals surface area contributed by atoms with Gasteiger partial charge in [0.15, 0.2) is 6.10 Å². The van der Waals surface area contributed by atoms with Crippen molar-refractivity contribution < 1.29 is 19.2 Å². The largest absolute Gasteiger partial charge is 0.449 e. The van der Waals surface area contributed by atoms with Crippen molar-refractivity contribution in [2.45, 2.75) is 39.2 Å². The van der Waals surface area contributed by atoms with E-state index in [1.807, 2.05) is 18.2 Å². The summed E-state index contributed by atoms with van der Waals surface area (Å²) in [7, 11) is 0. The Morgan fingerprint density at radius 1 is 1.21 bits per heavy atom. The summed E-state index contributed by atoms with van der Waals surface area (Å²) in [6, 6.07) is 11.0. The van der Waals surface area contributed by atoms with Crippen molar-refractivity contribution in [3.05, 3.63) is 68.7 Å². The molecule has 2 aromatic carbocycles. The quantitative estimate of drug-likeness (QED) is 0.400. The van der Waals surface area contributed by atoms with Crippen LogP contribution < -0.4 is 5.32 Å². The van der Waals surface area contributed by atoms with Crippen molar-refractivity contribution in [2.75, 3.05) is 5.32 Å². The topological polar surface area (TPSA) is 98.5 Å². The average molecular weight is 405 g/mol. The van der Waals surface area contributed by atoms with Gasteiger partial charge in [-0.1, -0.05) is 43.6 Å². The molecule has 0 unspecified atom stereocenters. The molecule has 148 valence electrons. The fourth-order valence-electron chi connectivity index (χ4n) is 2.56. The number of nitrogens with one attached hydrogen (secondary N) is 1. The van der Waals surface area contributed by atoms with E-state index in [9.17, 15) is 19.7 Å². The van der Waals surface area contributed by atoms with E-state index in [0.29, 0.717) is 5.69 Å². The van der Waals surface area contributed by atoms with Gasteiger partial charge in [-0.2, -0.15) is 0 Å². The summed E-state index contributed by atoms with van der Waals surface area (Å²) in [4.78, 5) is 35.0. The van der Waals surface area contributed by atoms with Crippen LogP contribution in [0.5, 0.6) is 0 Å². The van der Waals surface area contributed by atoms with E-state index in [1.54, 1.807) is 6.07 Å². The summed E-state index contributed by atoms with van der Waals surface area (Å²) in [5.74, 6) is -1.09. The highest BCUT2D eigenvalue weighted by Crippen LogP contribution is 2.27. The minimum Gasteiger partial charge on any atom is -0.449 e. The molecule has 0 saturated carbocycles. The van der Waals surface area contributed by atoms with Crippen molar-refractivity contribution >= 4 is 34.9 Å². The molecule has 0 bridgehead atoms. The maximum Gasteiger partial charge on any atom is 0.339 e. The van der Waals surface area contributed by atoms with Gasteiger partial charge in [-0.15, -0.1) is 0 Å². The van der Waals surface area contributed by atoms with Gasteiger partial charge in [-0.05, 0) is 43.0 Å². The SMILES string of the molecule is CC[C@@H](C)c1ccccc1NC(=O)[C@H](C)OC(=O)c1ccc(Cl)c([N+](=O)[O-])c1. The standard InChI is InChI=1S/C20H21ClN2O5/c1-4-12(2)15-7-5-6-8-17(15)22-19(24)13(3)28-20(25)14-9-10-16(21)18(11-14)23(26)27/h5-13H,4H2,1-3H3,(H,22,24)/t12-,13+/m1/s1. The summed E-state index contributed by atoms with van der Waals surface area (Å²) in [6.07, 6.45) is -0.181. The summed E-state index contributed by atoms with van der Waals surface area (Å²) in [5.41, 5.74) is 1.18. The van der Waals surface area contributed by atoms with Gasteiger partial charge in [-0.3, -0.25) is 14.9 Å². The maximum atomic E-state index is 12.5. The summed E-state index contributed by atoms with van der Waals surface area (Å²) < 4.78 is 5.16. The van der Waals surface area contributed by atoms with E-state index < -0.39 is 28.6 Å². The Kier molecular flexibility index (Phi) is 7.12. The second kappa shape index (κ2) is 9.32. The van der Waals surface area contributed by atoms with Crippen LogP contribution in [0.3, 0.4) is 0 Å². The van der Waals surface area contributed by atoms with Gasteiger partial charge in [0.1, 0.15) is 5.02 Å². The Balaban J connectivity index is 2.10. The number of nitro groups is 1. The number of halogens is 1. The first-order valence-electron chi connectivity index (χ1n) is 8.79. The molecule has 0 saturated heterocycles. The number of hydrogen-bond donors (Lipinski definition) is 1. The number of anilines is 1. The number of rotatable bonds is 7. The average Bonchev–Trinajstić information content (AvgIpc) is 2.67. The number of carbonyl (C=O) groups is 2. The number of benzene rings is 2. The Morgan fingerprint density at radius 2 is 1.89 bits per heavy atom. The predicted octanol–water partition coefficient (Wildman–Crippen LogP) is 4.95. The van der Waals surface area contributed by atoms with Crippen LogP contribution in [0.1, 0.15) is 49.0 Å². The van der Waals surface area contributed by atoms with E-state index in [4.69, 9.17) is 16.3 Å². The molecular formula is C20H21ClN2O5. The number of amides is 1. The Hall–Kier alpha value is -2.93. The second-order valence-corrected chi connectivity index (χ2v) is 6.76. The monoisotopic (exact) mass is 404 g/mol. The molecule has 0 aliphatic heterocycles. The molecule has 0 heterocycles. The molecule has 2 atom stereocenters. The molecule has 28 heavy (non-hydrogen) atoms. The highest BCUT2D eigenvalue weighted by Gasteiger charge is 2.23. The molecule has 8 heteroatoms. The van der Waals surface area contributed by atoms with Crippen molar-refractivity contribution in [3.63, 3.8) is 0 Å². The maximum absolute atomic E-state index is 12.5. The van der Waals surface area contributed by atoms with E-state index >= 15 is 0 Å². The lowest BCUT2D eigenvalue weighted by Crippen LogP contribution is -2.30. The van der Waals surface area contributed by atoms with Gasteiger partial charge in [0, 0.05) is 11.8 Å². The van der Waals surface area contributed by atoms with Crippen LogP contribution in [-0.2, 0) is 9.53 Å². The molecule has 0 spiro atoms. The first kappa shape index (κ1) is 21.4. The summed E-state index contributed by atoms with van der Waals surface area (Å²) in [6.45, 7) is 5.55. The predicted molar refractivity (Wildman–Crippen MR) is 107 cm³/mol. The van der Waals surface area contributed by atoms with Gasteiger partial charge < -0.3 is 10.1 Å². The van der Waals surface area contributed by atoms with Gasteiger partial charge in [0.25, 0.3) is 11.6 Å². The molecule has 2 rings (SSSR count). The van der Waals surface area contributed by atoms with Gasteiger partial charge >= 0.3 is 5.97 Å². The molecule has 0 aliphatic carbocycles. The zero-order valence-electron chi connectivity index (χ0n) is 15.8. The van der Waals surface area contributed by atoms with Crippen LogP contribution in [-0.4, -0.2) is 22.9 Å². The first-order valence-corrected chi connectivity index (χ1v) is 9.17. The van der Waals surface area contributed by atoms with Gasteiger partial charge in [0.05, 0.1) is 10.5 Å². The van der Waals surface area contributed by atoms with Crippen molar-refractivity contribution in [1.29, 1.82) is 0 Å². The minimum atomic E-state index is -1.09. The highest BCUT2D eigenvalue weighted by molar-refractivity contribution is 6.32. The Bertz CT molecular complexity index is 900. The number of hydrogen-bond acceptors (Lipinski definition) is 5. The number of ether oxygens (including phenoxy) is 1. The van der Waals surface area contributed by atoms with Crippen molar-refractivity contribution in [1.82, 2.24) is 0 Å². The number of para-hydroxylation sites is 1. The molecule has 1 amide bonds. The molecule has 0 fully saturated rings. The smallest absolute Gasteiger partial charge is 0.339 e. The lowest BCUT2D eigenvalue weighted by atomic mass is 9.97. The minimum absolute atomic E-state index is 0.0595. The lowest BCUT2D eigenvalue weighted by Gasteiger charge is -2.18.